The Morgan fingerprint density at radius 1 is 1.32 bits per heavy atom. The second kappa shape index (κ2) is 6.56. The third-order valence-electron chi connectivity index (χ3n) is 2.76. The summed E-state index contributed by atoms with van der Waals surface area (Å²) in [6.07, 6.45) is 0.350. The maximum absolute atomic E-state index is 10.8. The molecular weight excluding hydrogens is 448 g/mol. The van der Waals surface area contributed by atoms with Crippen molar-refractivity contribution in [2.24, 2.45) is 0 Å². The van der Waals surface area contributed by atoms with Crippen molar-refractivity contribution in [1.82, 2.24) is 0 Å². The van der Waals surface area contributed by atoms with Crippen molar-refractivity contribution in [3.8, 4) is 5.75 Å². The van der Waals surface area contributed by atoms with Crippen molar-refractivity contribution in [2.45, 2.75) is 25.0 Å². The summed E-state index contributed by atoms with van der Waals surface area (Å²) in [4.78, 5) is 10.8. The number of aliphatic carboxylic acids is 1. The van der Waals surface area contributed by atoms with Crippen molar-refractivity contribution >= 4 is 53.8 Å². The minimum atomic E-state index is -0.909. The highest BCUT2D eigenvalue weighted by atomic mass is 79.9. The number of benzene rings is 1. The van der Waals surface area contributed by atoms with Gasteiger partial charge in [0.15, 0.2) is 6.10 Å². The second-order valence-corrected chi connectivity index (χ2v) is 6.80. The zero-order chi connectivity index (χ0) is 14.0. The molecule has 19 heavy (non-hydrogen) atoms. The van der Waals surface area contributed by atoms with E-state index in [2.05, 4.69) is 47.8 Å². The molecule has 1 fully saturated rings. The van der Waals surface area contributed by atoms with Crippen LogP contribution in [0.25, 0.3) is 0 Å². The number of carboxylic acids is 1. The van der Waals surface area contributed by atoms with Crippen LogP contribution >= 0.6 is 47.8 Å². The number of carboxylic acid groups (broad SMARTS) is 1. The van der Waals surface area contributed by atoms with Gasteiger partial charge < -0.3 is 14.6 Å². The first kappa shape index (κ1) is 15.3. The molecule has 1 heterocycles. The predicted molar refractivity (Wildman–Crippen MR) is 80.6 cm³/mol. The van der Waals surface area contributed by atoms with E-state index in [1.165, 1.54) is 0 Å². The summed E-state index contributed by atoms with van der Waals surface area (Å²) >= 11 is 10.2. The van der Waals surface area contributed by atoms with E-state index in [4.69, 9.17) is 14.6 Å². The lowest BCUT2D eigenvalue weighted by atomic mass is 10.2. The molecule has 1 aromatic carbocycles. The first-order chi connectivity index (χ1) is 8.97. The van der Waals surface area contributed by atoms with Crippen molar-refractivity contribution < 1.29 is 19.4 Å². The molecule has 0 aliphatic carbocycles. The van der Waals surface area contributed by atoms with Gasteiger partial charge in [-0.3, -0.25) is 0 Å². The second-order valence-electron chi connectivity index (χ2n) is 4.17. The Morgan fingerprint density at radius 2 is 1.95 bits per heavy atom. The number of carbonyl (C=O) groups is 1. The van der Waals surface area contributed by atoms with Gasteiger partial charge in [-0.15, -0.1) is 0 Å². The summed E-state index contributed by atoms with van der Waals surface area (Å²) < 4.78 is 13.7. The molecule has 0 amide bonds. The Bertz CT molecular complexity index is 469. The van der Waals surface area contributed by atoms with Crippen molar-refractivity contribution in [3.63, 3.8) is 0 Å². The van der Waals surface area contributed by atoms with Gasteiger partial charge in [-0.1, -0.05) is 15.9 Å². The molecule has 1 aromatic rings. The first-order valence-corrected chi connectivity index (χ1v) is 8.01. The quantitative estimate of drug-likeness (QED) is 0.741. The third kappa shape index (κ3) is 3.93. The van der Waals surface area contributed by atoms with E-state index in [1.807, 2.05) is 12.1 Å². The Kier molecular flexibility index (Phi) is 5.28. The molecule has 7 heteroatoms. The highest BCUT2D eigenvalue weighted by molar-refractivity contribution is 9.11. The molecule has 1 N–H and O–H groups in total. The Balaban J connectivity index is 1.95. The van der Waals surface area contributed by atoms with Crippen LogP contribution in [-0.4, -0.2) is 29.9 Å². The summed E-state index contributed by atoms with van der Waals surface area (Å²) in [7, 11) is 0. The zero-order valence-corrected chi connectivity index (χ0v) is 14.5. The van der Waals surface area contributed by atoms with Gasteiger partial charge in [-0.25, -0.2) is 4.79 Å². The average molecular weight is 459 g/mol. The van der Waals surface area contributed by atoms with E-state index in [1.54, 1.807) is 0 Å². The van der Waals surface area contributed by atoms with E-state index >= 15 is 0 Å². The van der Waals surface area contributed by atoms with Crippen molar-refractivity contribution in [1.29, 1.82) is 0 Å². The van der Waals surface area contributed by atoms with Crippen LogP contribution in [0, 0.1) is 0 Å². The van der Waals surface area contributed by atoms with Crippen LogP contribution in [0.15, 0.2) is 25.6 Å². The van der Waals surface area contributed by atoms with E-state index < -0.39 is 12.1 Å². The highest BCUT2D eigenvalue weighted by Crippen LogP contribution is 2.36. The van der Waals surface area contributed by atoms with Crippen molar-refractivity contribution in [2.75, 3.05) is 6.61 Å². The molecule has 2 atom stereocenters. The molecule has 2 unspecified atom stereocenters. The van der Waals surface area contributed by atoms with Crippen molar-refractivity contribution in [3.05, 3.63) is 25.6 Å². The molecule has 1 aliphatic heterocycles. The average Bonchev–Trinajstić information content (AvgIpc) is 2.76. The maximum atomic E-state index is 10.8. The smallest absolute Gasteiger partial charge is 0.332 e. The molecule has 104 valence electrons. The number of halogens is 3. The monoisotopic (exact) mass is 456 g/mol. The lowest BCUT2D eigenvalue weighted by Gasteiger charge is -2.15. The minimum absolute atomic E-state index is 0.177. The lowest BCUT2D eigenvalue weighted by molar-refractivity contribution is -0.149. The van der Waals surface area contributed by atoms with Crippen LogP contribution in [0.4, 0.5) is 0 Å². The maximum Gasteiger partial charge on any atom is 0.332 e. The predicted octanol–water partition coefficient (Wildman–Crippen LogP) is 3.99. The fourth-order valence-corrected chi connectivity index (χ4v) is 4.34. The number of hydrogen-bond acceptors (Lipinski definition) is 3. The fraction of sp³-hybridized carbons (Fsp3) is 0.417. The van der Waals surface area contributed by atoms with Crippen LogP contribution in [0.5, 0.6) is 5.75 Å². The van der Waals surface area contributed by atoms with Gasteiger partial charge >= 0.3 is 5.97 Å². The molecule has 1 aliphatic rings. The highest BCUT2D eigenvalue weighted by Gasteiger charge is 2.31. The molecule has 0 radical (unpaired) electrons. The molecule has 0 bridgehead atoms. The molecule has 2 rings (SSSR count). The van der Waals surface area contributed by atoms with Gasteiger partial charge in [0.05, 0.1) is 15.0 Å². The van der Waals surface area contributed by atoms with E-state index in [9.17, 15) is 4.79 Å². The summed E-state index contributed by atoms with van der Waals surface area (Å²) in [5, 5.41) is 8.85. The van der Waals surface area contributed by atoms with Crippen LogP contribution in [0.1, 0.15) is 12.8 Å². The molecule has 0 saturated carbocycles. The molecule has 1 saturated heterocycles. The fourth-order valence-electron chi connectivity index (χ4n) is 1.85. The van der Waals surface area contributed by atoms with Gasteiger partial charge in [0, 0.05) is 4.47 Å². The SMILES string of the molecule is O=C(O)C1CCC(COc2c(Br)cc(Br)cc2Br)O1. The molecule has 0 spiro atoms. The normalized spacial score (nSPS) is 22.5. The van der Waals surface area contributed by atoms with Crippen LogP contribution < -0.4 is 4.74 Å². The van der Waals surface area contributed by atoms with E-state index in [0.29, 0.717) is 25.2 Å². The van der Waals surface area contributed by atoms with Crippen LogP contribution in [0.2, 0.25) is 0 Å². The summed E-state index contributed by atoms with van der Waals surface area (Å²) in [6.45, 7) is 0.336. The standard InChI is InChI=1S/C12H11Br3O4/c13-6-3-8(14)11(9(15)4-6)18-5-7-1-2-10(19-7)12(16)17/h3-4,7,10H,1-2,5H2,(H,16,17). The van der Waals surface area contributed by atoms with Gasteiger partial charge in [0.25, 0.3) is 0 Å². The number of rotatable bonds is 4. The number of hydrogen-bond donors (Lipinski definition) is 1. The van der Waals surface area contributed by atoms with Gasteiger partial charge in [0.1, 0.15) is 12.4 Å². The lowest BCUT2D eigenvalue weighted by Crippen LogP contribution is -2.23. The Labute approximate surface area is 135 Å². The molecular formula is C12H11Br3O4. The van der Waals surface area contributed by atoms with Crippen LogP contribution in [-0.2, 0) is 9.53 Å². The Morgan fingerprint density at radius 3 is 2.47 bits per heavy atom. The molecule has 0 aromatic heterocycles. The van der Waals surface area contributed by atoms with E-state index in [-0.39, 0.29) is 6.10 Å². The largest absolute Gasteiger partial charge is 0.489 e. The summed E-state index contributed by atoms with van der Waals surface area (Å²) in [5.41, 5.74) is 0. The first-order valence-electron chi connectivity index (χ1n) is 5.63. The molecule has 4 nitrogen and oxygen atoms in total. The van der Waals surface area contributed by atoms with Gasteiger partial charge in [0.2, 0.25) is 0 Å². The minimum Gasteiger partial charge on any atom is -0.489 e. The summed E-state index contributed by atoms with van der Waals surface area (Å²) in [6, 6.07) is 3.77. The Hall–Kier alpha value is -0.110. The van der Waals surface area contributed by atoms with Gasteiger partial charge in [-0.05, 0) is 56.8 Å². The zero-order valence-electron chi connectivity index (χ0n) is 9.74. The number of ether oxygens (including phenoxy) is 2. The van der Waals surface area contributed by atoms with E-state index in [0.717, 1.165) is 13.4 Å². The topological polar surface area (TPSA) is 55.8 Å². The van der Waals surface area contributed by atoms with Crippen LogP contribution in [0.3, 0.4) is 0 Å². The summed E-state index contributed by atoms with van der Waals surface area (Å²) in [5.74, 6) is -0.223. The van der Waals surface area contributed by atoms with Gasteiger partial charge in [-0.2, -0.15) is 0 Å². The third-order valence-corrected chi connectivity index (χ3v) is 4.40.